The average Bonchev–Trinajstić information content (AvgIpc) is 2.74. The topological polar surface area (TPSA) is 71.8 Å². The van der Waals surface area contributed by atoms with Crippen LogP contribution in [0.3, 0.4) is 0 Å². The maximum Gasteiger partial charge on any atom is 0.323 e. The van der Waals surface area contributed by atoms with E-state index < -0.39 is 5.97 Å². The summed E-state index contributed by atoms with van der Waals surface area (Å²) in [6.45, 7) is 4.57. The van der Waals surface area contributed by atoms with Crippen molar-refractivity contribution in [1.82, 2.24) is 9.47 Å². The van der Waals surface area contributed by atoms with E-state index in [1.165, 1.54) is 9.47 Å². The van der Waals surface area contributed by atoms with Crippen LogP contribution in [0, 0.1) is 0 Å². The van der Waals surface area contributed by atoms with Gasteiger partial charge in [0, 0.05) is 19.8 Å². The number of carbonyl (C=O) groups is 2. The minimum atomic E-state index is -0.976. The van der Waals surface area contributed by atoms with Crippen LogP contribution in [-0.4, -0.2) is 52.8 Å². The van der Waals surface area contributed by atoms with Crippen LogP contribution in [0.4, 0.5) is 0 Å². The highest BCUT2D eigenvalue weighted by Gasteiger charge is 2.16. The molecule has 6 heteroatoms. The monoisotopic (exact) mass is 268 g/mol. The Labute approximate surface area is 112 Å². The Kier molecular flexibility index (Phi) is 5.57. The number of hydrogen-bond donors (Lipinski definition) is 1. The predicted molar refractivity (Wildman–Crippen MR) is 70.1 cm³/mol. The second kappa shape index (κ2) is 6.94. The van der Waals surface area contributed by atoms with Gasteiger partial charge in [0.1, 0.15) is 12.2 Å². The summed E-state index contributed by atoms with van der Waals surface area (Å²) in [5.74, 6) is -1.19. The highest BCUT2D eigenvalue weighted by molar-refractivity contribution is 5.93. The number of carboxylic acid groups (broad SMARTS) is 1. The van der Waals surface area contributed by atoms with Gasteiger partial charge >= 0.3 is 5.97 Å². The molecule has 1 aromatic heterocycles. The van der Waals surface area contributed by atoms with Crippen LogP contribution in [0.25, 0.3) is 0 Å². The molecule has 6 nitrogen and oxygen atoms in total. The van der Waals surface area contributed by atoms with Gasteiger partial charge in [0.25, 0.3) is 5.91 Å². The lowest BCUT2D eigenvalue weighted by Crippen LogP contribution is -2.32. The maximum absolute atomic E-state index is 12.1. The first-order chi connectivity index (χ1) is 8.91. The minimum Gasteiger partial charge on any atom is -0.480 e. The number of likely N-dealkylation sites (N-methyl/N-ethyl adjacent to an activating group) is 1. The third-order valence-corrected chi connectivity index (χ3v) is 2.58. The van der Waals surface area contributed by atoms with E-state index in [1.54, 1.807) is 25.4 Å². The number of nitrogens with zero attached hydrogens (tertiary/aromatic N) is 2. The maximum atomic E-state index is 12.1. The number of rotatable bonds is 7. The molecule has 1 aromatic rings. The van der Waals surface area contributed by atoms with Gasteiger partial charge in [0.15, 0.2) is 0 Å². The second-order valence-corrected chi connectivity index (χ2v) is 4.56. The molecule has 0 saturated heterocycles. The lowest BCUT2D eigenvalue weighted by atomic mass is 10.3. The fourth-order valence-corrected chi connectivity index (χ4v) is 1.61. The zero-order valence-electron chi connectivity index (χ0n) is 11.5. The van der Waals surface area contributed by atoms with E-state index in [0.717, 1.165) is 0 Å². The van der Waals surface area contributed by atoms with Gasteiger partial charge in [0.05, 0.1) is 12.7 Å². The fraction of sp³-hybridized carbons (Fsp3) is 0.538. The summed E-state index contributed by atoms with van der Waals surface area (Å²) in [6, 6.07) is 3.28. The summed E-state index contributed by atoms with van der Waals surface area (Å²) in [4.78, 5) is 24.4. The van der Waals surface area contributed by atoms with Crippen molar-refractivity contribution >= 4 is 11.9 Å². The van der Waals surface area contributed by atoms with Crippen molar-refractivity contribution < 1.29 is 19.4 Å². The van der Waals surface area contributed by atoms with E-state index in [-0.39, 0.29) is 18.6 Å². The highest BCUT2D eigenvalue weighted by Crippen LogP contribution is 2.06. The van der Waals surface area contributed by atoms with Crippen LogP contribution < -0.4 is 0 Å². The predicted octanol–water partition coefficient (Wildman–Crippen LogP) is 1.07. The molecule has 1 rings (SSSR count). The third kappa shape index (κ3) is 4.75. The van der Waals surface area contributed by atoms with Crippen LogP contribution in [-0.2, 0) is 16.1 Å². The molecule has 0 unspecified atom stereocenters. The van der Waals surface area contributed by atoms with Crippen LogP contribution in [0.2, 0.25) is 0 Å². The van der Waals surface area contributed by atoms with Crippen molar-refractivity contribution in [2.45, 2.75) is 26.5 Å². The first kappa shape index (κ1) is 15.2. The van der Waals surface area contributed by atoms with E-state index >= 15 is 0 Å². The van der Waals surface area contributed by atoms with E-state index in [1.807, 2.05) is 13.8 Å². The van der Waals surface area contributed by atoms with E-state index in [0.29, 0.717) is 18.8 Å². The highest BCUT2D eigenvalue weighted by atomic mass is 16.5. The Morgan fingerprint density at radius 3 is 2.74 bits per heavy atom. The number of ether oxygens (including phenoxy) is 1. The molecule has 0 aromatic carbocycles. The third-order valence-electron chi connectivity index (χ3n) is 2.58. The lowest BCUT2D eigenvalue weighted by molar-refractivity contribution is -0.137. The van der Waals surface area contributed by atoms with E-state index in [9.17, 15) is 9.59 Å². The lowest BCUT2D eigenvalue weighted by Gasteiger charge is -2.18. The molecule has 1 N–H and O–H groups in total. The van der Waals surface area contributed by atoms with Crippen molar-refractivity contribution in [3.8, 4) is 0 Å². The molecule has 0 saturated carbocycles. The van der Waals surface area contributed by atoms with Gasteiger partial charge in [-0.3, -0.25) is 9.59 Å². The van der Waals surface area contributed by atoms with Crippen molar-refractivity contribution in [2.75, 3.05) is 20.2 Å². The molecule has 0 aliphatic rings. The Morgan fingerprint density at radius 2 is 2.16 bits per heavy atom. The van der Waals surface area contributed by atoms with Gasteiger partial charge in [-0.2, -0.15) is 0 Å². The Balaban J connectivity index is 2.61. The Morgan fingerprint density at radius 1 is 1.47 bits per heavy atom. The largest absolute Gasteiger partial charge is 0.480 e. The summed E-state index contributed by atoms with van der Waals surface area (Å²) < 4.78 is 6.80. The van der Waals surface area contributed by atoms with Gasteiger partial charge in [-0.15, -0.1) is 0 Å². The Bertz CT molecular complexity index is 440. The number of aliphatic carboxylic acids is 1. The molecule has 0 atom stereocenters. The molecule has 106 valence electrons. The van der Waals surface area contributed by atoms with Gasteiger partial charge in [-0.05, 0) is 26.0 Å². The van der Waals surface area contributed by atoms with E-state index in [2.05, 4.69) is 0 Å². The zero-order valence-corrected chi connectivity index (χ0v) is 11.5. The summed E-state index contributed by atoms with van der Waals surface area (Å²) >= 11 is 0. The zero-order chi connectivity index (χ0) is 14.4. The first-order valence-corrected chi connectivity index (χ1v) is 6.15. The fourth-order valence-electron chi connectivity index (χ4n) is 1.61. The molecular formula is C13H20N2O4. The van der Waals surface area contributed by atoms with Crippen molar-refractivity contribution in [3.63, 3.8) is 0 Å². The van der Waals surface area contributed by atoms with Gasteiger partial charge < -0.3 is 19.3 Å². The molecule has 0 aliphatic carbocycles. The molecule has 0 spiro atoms. The quantitative estimate of drug-likeness (QED) is 0.803. The number of carbonyl (C=O) groups excluding carboxylic acids is 1. The van der Waals surface area contributed by atoms with Gasteiger partial charge in [-0.1, -0.05) is 0 Å². The first-order valence-electron chi connectivity index (χ1n) is 6.15. The van der Waals surface area contributed by atoms with E-state index in [4.69, 9.17) is 9.84 Å². The van der Waals surface area contributed by atoms with Crippen molar-refractivity contribution in [2.24, 2.45) is 0 Å². The summed E-state index contributed by atoms with van der Waals surface area (Å²) in [6.07, 6.45) is 1.71. The summed E-state index contributed by atoms with van der Waals surface area (Å²) in [5, 5.41) is 8.77. The number of amides is 1. The SMILES string of the molecule is CC(C)OCCN(C)C(=O)c1cccn1CC(=O)O. The molecule has 0 bridgehead atoms. The number of aromatic nitrogens is 1. The van der Waals surface area contributed by atoms with Crippen molar-refractivity contribution in [3.05, 3.63) is 24.0 Å². The Hall–Kier alpha value is -1.82. The molecule has 1 heterocycles. The number of hydrogen-bond acceptors (Lipinski definition) is 3. The smallest absolute Gasteiger partial charge is 0.323 e. The summed E-state index contributed by atoms with van der Waals surface area (Å²) in [5.41, 5.74) is 0.370. The minimum absolute atomic E-state index is 0.124. The van der Waals surface area contributed by atoms with Crippen LogP contribution in [0.1, 0.15) is 24.3 Å². The van der Waals surface area contributed by atoms with Crippen LogP contribution in [0.5, 0.6) is 0 Å². The molecular weight excluding hydrogens is 248 g/mol. The number of carboxylic acids is 1. The molecule has 0 radical (unpaired) electrons. The second-order valence-electron chi connectivity index (χ2n) is 4.56. The summed E-state index contributed by atoms with van der Waals surface area (Å²) in [7, 11) is 1.67. The van der Waals surface area contributed by atoms with Gasteiger partial charge in [0.2, 0.25) is 0 Å². The normalized spacial score (nSPS) is 10.7. The standard InChI is InChI=1S/C13H20N2O4/c1-10(2)19-8-7-14(3)13(18)11-5-4-6-15(11)9-12(16)17/h4-6,10H,7-9H2,1-3H3,(H,16,17). The molecule has 0 fully saturated rings. The average molecular weight is 268 g/mol. The molecule has 19 heavy (non-hydrogen) atoms. The molecule has 0 aliphatic heterocycles. The molecule has 1 amide bonds. The van der Waals surface area contributed by atoms with Gasteiger partial charge in [-0.25, -0.2) is 0 Å². The van der Waals surface area contributed by atoms with Crippen LogP contribution in [0.15, 0.2) is 18.3 Å². The van der Waals surface area contributed by atoms with Crippen molar-refractivity contribution in [1.29, 1.82) is 0 Å². The van der Waals surface area contributed by atoms with Crippen LogP contribution >= 0.6 is 0 Å².